The van der Waals surface area contributed by atoms with E-state index in [9.17, 15) is 5.11 Å². The van der Waals surface area contributed by atoms with E-state index in [1.165, 1.54) is 11.1 Å². The van der Waals surface area contributed by atoms with Gasteiger partial charge >= 0.3 is 0 Å². The average Bonchev–Trinajstić information content (AvgIpc) is 2.82. The van der Waals surface area contributed by atoms with Gasteiger partial charge in [0, 0.05) is 0 Å². The van der Waals surface area contributed by atoms with Crippen LogP contribution in [0.15, 0.2) is 24.4 Å². The fourth-order valence-corrected chi connectivity index (χ4v) is 2.30. The Balaban J connectivity index is 1.94. The van der Waals surface area contributed by atoms with Crippen LogP contribution in [0.1, 0.15) is 17.0 Å². The topological polar surface area (TPSA) is 58.1 Å². The Hall–Kier alpha value is -1.65. The molecule has 1 aliphatic rings. The molecule has 0 bridgehead atoms. The maximum absolute atomic E-state index is 9.51. The standard InChI is InChI=1S/C15H18N2O2/c1-10-3-4-12(5-11(10)2)13-6-16-14(17-13)15(7-18)8-19-9-15/h3-6,18H,7-9H2,1-2H3,(H,16,17). The number of aryl methyl sites for hydroxylation is 2. The number of aromatic amines is 1. The molecule has 0 spiro atoms. The van der Waals surface area contributed by atoms with E-state index in [2.05, 4.69) is 42.0 Å². The highest BCUT2D eigenvalue weighted by Crippen LogP contribution is 2.31. The number of nitrogens with zero attached hydrogens (tertiary/aromatic N) is 1. The molecule has 0 aliphatic carbocycles. The van der Waals surface area contributed by atoms with Crippen molar-refractivity contribution in [2.45, 2.75) is 19.3 Å². The summed E-state index contributed by atoms with van der Waals surface area (Å²) in [6, 6.07) is 6.34. The van der Waals surface area contributed by atoms with E-state index < -0.39 is 0 Å². The molecule has 4 heteroatoms. The molecular formula is C15H18N2O2. The van der Waals surface area contributed by atoms with Gasteiger partial charge in [-0.15, -0.1) is 0 Å². The molecule has 2 N–H and O–H groups in total. The lowest BCUT2D eigenvalue weighted by atomic mass is 9.86. The van der Waals surface area contributed by atoms with Gasteiger partial charge in [-0.05, 0) is 36.6 Å². The predicted molar refractivity (Wildman–Crippen MR) is 73.1 cm³/mol. The van der Waals surface area contributed by atoms with Gasteiger partial charge in [-0.25, -0.2) is 4.98 Å². The first-order chi connectivity index (χ1) is 9.14. The van der Waals surface area contributed by atoms with Crippen molar-refractivity contribution in [1.29, 1.82) is 0 Å². The third-order valence-corrected chi connectivity index (χ3v) is 3.96. The first kappa shape index (κ1) is 12.4. The number of ether oxygens (including phenoxy) is 1. The Morgan fingerprint density at radius 1 is 1.32 bits per heavy atom. The van der Waals surface area contributed by atoms with E-state index in [-0.39, 0.29) is 12.0 Å². The van der Waals surface area contributed by atoms with Crippen LogP contribution in [0.4, 0.5) is 0 Å². The Morgan fingerprint density at radius 2 is 2.11 bits per heavy atom. The second-order valence-electron chi connectivity index (χ2n) is 5.38. The minimum Gasteiger partial charge on any atom is -0.395 e. The predicted octanol–water partition coefficient (Wildman–Crippen LogP) is 1.95. The van der Waals surface area contributed by atoms with E-state index in [4.69, 9.17) is 4.74 Å². The number of nitrogens with one attached hydrogen (secondary N) is 1. The molecule has 0 unspecified atom stereocenters. The number of benzene rings is 1. The Kier molecular flexibility index (Phi) is 2.92. The van der Waals surface area contributed by atoms with Crippen LogP contribution < -0.4 is 0 Å². The van der Waals surface area contributed by atoms with Crippen molar-refractivity contribution in [3.8, 4) is 11.3 Å². The van der Waals surface area contributed by atoms with E-state index in [1.807, 2.05) is 6.20 Å². The SMILES string of the molecule is Cc1ccc(-c2cnc(C3(CO)COC3)[nH]2)cc1C. The van der Waals surface area contributed by atoms with Crippen LogP contribution in [-0.4, -0.2) is 34.9 Å². The molecular weight excluding hydrogens is 240 g/mol. The highest BCUT2D eigenvalue weighted by atomic mass is 16.5. The van der Waals surface area contributed by atoms with E-state index in [0.29, 0.717) is 13.2 Å². The lowest BCUT2D eigenvalue weighted by Gasteiger charge is -2.37. The molecule has 0 saturated carbocycles. The van der Waals surface area contributed by atoms with E-state index >= 15 is 0 Å². The lowest BCUT2D eigenvalue weighted by Crippen LogP contribution is -2.50. The fourth-order valence-electron chi connectivity index (χ4n) is 2.30. The van der Waals surface area contributed by atoms with Gasteiger partial charge in [0.05, 0.1) is 37.1 Å². The molecule has 2 heterocycles. The zero-order valence-electron chi connectivity index (χ0n) is 11.2. The molecule has 1 aliphatic heterocycles. The number of hydrogen-bond acceptors (Lipinski definition) is 3. The lowest BCUT2D eigenvalue weighted by molar-refractivity contribution is -0.0880. The van der Waals surface area contributed by atoms with Crippen molar-refractivity contribution in [2.75, 3.05) is 19.8 Å². The van der Waals surface area contributed by atoms with Gasteiger partial charge in [0.1, 0.15) is 5.82 Å². The van der Waals surface area contributed by atoms with Crippen molar-refractivity contribution in [3.63, 3.8) is 0 Å². The van der Waals surface area contributed by atoms with Crippen LogP contribution >= 0.6 is 0 Å². The third kappa shape index (κ3) is 1.97. The number of aliphatic hydroxyl groups is 1. The summed E-state index contributed by atoms with van der Waals surface area (Å²) in [4.78, 5) is 7.73. The number of hydrogen-bond donors (Lipinski definition) is 2. The first-order valence-corrected chi connectivity index (χ1v) is 6.46. The van der Waals surface area contributed by atoms with Gasteiger partial charge in [-0.2, -0.15) is 0 Å². The molecule has 1 saturated heterocycles. The molecule has 1 aromatic heterocycles. The first-order valence-electron chi connectivity index (χ1n) is 6.46. The Morgan fingerprint density at radius 3 is 2.68 bits per heavy atom. The van der Waals surface area contributed by atoms with E-state index in [1.54, 1.807) is 0 Å². The van der Waals surface area contributed by atoms with Crippen LogP contribution in [0.25, 0.3) is 11.3 Å². The van der Waals surface area contributed by atoms with Gasteiger partial charge in [-0.3, -0.25) is 0 Å². The minimum atomic E-state index is -0.335. The summed E-state index contributed by atoms with van der Waals surface area (Å²) in [5, 5.41) is 9.51. The monoisotopic (exact) mass is 258 g/mol. The number of aromatic nitrogens is 2. The molecule has 0 atom stereocenters. The Labute approximate surface area is 112 Å². The average molecular weight is 258 g/mol. The highest BCUT2D eigenvalue weighted by molar-refractivity contribution is 5.60. The molecule has 1 fully saturated rings. The molecule has 4 nitrogen and oxygen atoms in total. The molecule has 19 heavy (non-hydrogen) atoms. The van der Waals surface area contributed by atoms with Gasteiger partial charge in [0.2, 0.25) is 0 Å². The third-order valence-electron chi connectivity index (χ3n) is 3.96. The van der Waals surface area contributed by atoms with Crippen molar-refractivity contribution < 1.29 is 9.84 Å². The molecule has 1 aromatic carbocycles. The van der Waals surface area contributed by atoms with E-state index in [0.717, 1.165) is 17.1 Å². The van der Waals surface area contributed by atoms with Crippen molar-refractivity contribution >= 4 is 0 Å². The zero-order chi connectivity index (χ0) is 13.5. The number of H-pyrrole nitrogens is 1. The summed E-state index contributed by atoms with van der Waals surface area (Å²) in [6.07, 6.45) is 1.83. The van der Waals surface area contributed by atoms with Gasteiger partial charge < -0.3 is 14.8 Å². The molecule has 0 radical (unpaired) electrons. The molecule has 3 rings (SSSR count). The Bertz CT molecular complexity index is 594. The molecule has 100 valence electrons. The second kappa shape index (κ2) is 4.47. The molecule has 0 amide bonds. The summed E-state index contributed by atoms with van der Waals surface area (Å²) in [5.74, 6) is 0.814. The normalized spacial score (nSPS) is 17.2. The van der Waals surface area contributed by atoms with Crippen LogP contribution in [-0.2, 0) is 10.2 Å². The van der Waals surface area contributed by atoms with Crippen LogP contribution in [0.3, 0.4) is 0 Å². The largest absolute Gasteiger partial charge is 0.395 e. The number of aliphatic hydroxyl groups excluding tert-OH is 1. The quantitative estimate of drug-likeness (QED) is 0.884. The summed E-state index contributed by atoms with van der Waals surface area (Å²) in [7, 11) is 0. The summed E-state index contributed by atoms with van der Waals surface area (Å²) in [6.45, 7) is 5.33. The van der Waals surface area contributed by atoms with Gasteiger partial charge in [-0.1, -0.05) is 12.1 Å². The van der Waals surface area contributed by atoms with Gasteiger partial charge in [0.15, 0.2) is 0 Å². The summed E-state index contributed by atoms with van der Waals surface area (Å²) in [5.41, 5.74) is 4.31. The highest BCUT2D eigenvalue weighted by Gasteiger charge is 2.42. The van der Waals surface area contributed by atoms with Gasteiger partial charge in [0.25, 0.3) is 0 Å². The smallest absolute Gasteiger partial charge is 0.119 e. The summed E-state index contributed by atoms with van der Waals surface area (Å²) >= 11 is 0. The zero-order valence-corrected chi connectivity index (χ0v) is 11.2. The van der Waals surface area contributed by atoms with Crippen LogP contribution in [0, 0.1) is 13.8 Å². The number of imidazole rings is 1. The van der Waals surface area contributed by atoms with Crippen molar-refractivity contribution in [1.82, 2.24) is 9.97 Å². The maximum Gasteiger partial charge on any atom is 0.119 e. The van der Waals surface area contributed by atoms with Crippen molar-refractivity contribution in [3.05, 3.63) is 41.3 Å². The fraction of sp³-hybridized carbons (Fsp3) is 0.400. The molecule has 2 aromatic rings. The minimum absolute atomic E-state index is 0.0624. The van der Waals surface area contributed by atoms with Crippen LogP contribution in [0.2, 0.25) is 0 Å². The maximum atomic E-state index is 9.51. The summed E-state index contributed by atoms with van der Waals surface area (Å²) < 4.78 is 5.21. The van der Waals surface area contributed by atoms with Crippen LogP contribution in [0.5, 0.6) is 0 Å². The van der Waals surface area contributed by atoms with Crippen molar-refractivity contribution in [2.24, 2.45) is 0 Å². The number of rotatable bonds is 3. The second-order valence-corrected chi connectivity index (χ2v) is 5.38.